The Labute approximate surface area is 151 Å². The number of sulfonamides is 1. The van der Waals surface area contributed by atoms with Gasteiger partial charge in [-0.05, 0) is 44.0 Å². The molecule has 1 N–H and O–H groups in total. The number of amides is 1. The fourth-order valence-electron chi connectivity index (χ4n) is 2.79. The molecular formula is C17H20N2O4S2. The first kappa shape index (κ1) is 17.8. The number of carbonyl (C=O) groups excluding carboxylic acids is 1. The normalized spacial score (nSPS) is 15.3. The molecule has 0 unspecified atom stereocenters. The van der Waals surface area contributed by atoms with Gasteiger partial charge < -0.3 is 9.64 Å². The number of anilines is 2. The standard InChI is InChI=1S/C17H20N2O4S2/c1-12-6-9-17(24-12)25(21,22)18-13-7-8-14(15(11-13)23-2)19-10-4-3-5-16(19)20/h6-9,11,18H,3-5,10H2,1-2H3. The second-order valence-electron chi connectivity index (χ2n) is 5.86. The number of piperidine rings is 1. The Bertz CT molecular complexity index is 890. The highest BCUT2D eigenvalue weighted by Gasteiger charge is 2.23. The summed E-state index contributed by atoms with van der Waals surface area (Å²) >= 11 is 1.22. The lowest BCUT2D eigenvalue weighted by atomic mass is 10.1. The van der Waals surface area contributed by atoms with E-state index in [0.29, 0.717) is 30.1 Å². The van der Waals surface area contributed by atoms with Gasteiger partial charge in [0.15, 0.2) is 0 Å². The Balaban J connectivity index is 1.88. The number of hydrogen-bond donors (Lipinski definition) is 1. The van der Waals surface area contributed by atoms with Crippen LogP contribution in [-0.2, 0) is 14.8 Å². The molecule has 2 aromatic rings. The Morgan fingerprint density at radius 1 is 1.20 bits per heavy atom. The smallest absolute Gasteiger partial charge is 0.271 e. The lowest BCUT2D eigenvalue weighted by Crippen LogP contribution is -2.35. The van der Waals surface area contributed by atoms with E-state index in [-0.39, 0.29) is 10.1 Å². The first-order chi connectivity index (χ1) is 11.9. The van der Waals surface area contributed by atoms with Gasteiger partial charge in [-0.2, -0.15) is 0 Å². The van der Waals surface area contributed by atoms with E-state index in [2.05, 4.69) is 4.72 Å². The van der Waals surface area contributed by atoms with E-state index in [9.17, 15) is 13.2 Å². The molecule has 1 saturated heterocycles. The van der Waals surface area contributed by atoms with Crippen molar-refractivity contribution in [1.29, 1.82) is 0 Å². The van der Waals surface area contributed by atoms with Crippen molar-refractivity contribution in [1.82, 2.24) is 0 Å². The number of nitrogens with one attached hydrogen (secondary N) is 1. The van der Waals surface area contributed by atoms with Gasteiger partial charge in [-0.3, -0.25) is 9.52 Å². The lowest BCUT2D eigenvalue weighted by molar-refractivity contribution is -0.119. The first-order valence-electron chi connectivity index (χ1n) is 7.98. The molecule has 1 aliphatic rings. The minimum Gasteiger partial charge on any atom is -0.494 e. The number of aryl methyl sites for hydroxylation is 1. The maximum atomic E-state index is 12.4. The zero-order valence-electron chi connectivity index (χ0n) is 14.1. The molecule has 1 aliphatic heterocycles. The number of carbonyl (C=O) groups is 1. The maximum absolute atomic E-state index is 12.4. The van der Waals surface area contributed by atoms with Crippen molar-refractivity contribution in [3.05, 3.63) is 35.2 Å². The van der Waals surface area contributed by atoms with Gasteiger partial charge in [-0.25, -0.2) is 8.42 Å². The molecule has 0 saturated carbocycles. The van der Waals surface area contributed by atoms with Crippen molar-refractivity contribution in [3.8, 4) is 5.75 Å². The molecule has 134 valence electrons. The molecule has 0 aliphatic carbocycles. The molecule has 3 rings (SSSR count). The Kier molecular flexibility index (Phi) is 5.01. The van der Waals surface area contributed by atoms with Crippen LogP contribution in [0.25, 0.3) is 0 Å². The molecule has 1 amide bonds. The van der Waals surface area contributed by atoms with Gasteiger partial charge >= 0.3 is 0 Å². The molecule has 2 heterocycles. The van der Waals surface area contributed by atoms with E-state index in [1.807, 2.05) is 6.92 Å². The molecule has 0 bridgehead atoms. The van der Waals surface area contributed by atoms with E-state index in [1.165, 1.54) is 18.4 Å². The molecule has 8 heteroatoms. The summed E-state index contributed by atoms with van der Waals surface area (Å²) in [6, 6.07) is 8.33. The zero-order chi connectivity index (χ0) is 18.0. The van der Waals surface area contributed by atoms with Crippen molar-refractivity contribution >= 4 is 38.6 Å². The molecule has 0 atom stereocenters. The minimum absolute atomic E-state index is 0.0620. The van der Waals surface area contributed by atoms with Crippen LogP contribution in [0.2, 0.25) is 0 Å². The van der Waals surface area contributed by atoms with Crippen LogP contribution in [0.15, 0.2) is 34.5 Å². The minimum atomic E-state index is -3.63. The van der Waals surface area contributed by atoms with Crippen LogP contribution >= 0.6 is 11.3 Å². The third-order valence-corrected chi connectivity index (χ3v) is 6.90. The summed E-state index contributed by atoms with van der Waals surface area (Å²) in [6.45, 7) is 2.51. The van der Waals surface area contributed by atoms with Gasteiger partial charge in [-0.1, -0.05) is 0 Å². The third kappa shape index (κ3) is 3.80. The van der Waals surface area contributed by atoms with Crippen molar-refractivity contribution in [2.24, 2.45) is 0 Å². The number of hydrogen-bond acceptors (Lipinski definition) is 5. The van der Waals surface area contributed by atoms with E-state index in [1.54, 1.807) is 35.2 Å². The fourth-order valence-corrected chi connectivity index (χ4v) is 5.12. The summed E-state index contributed by atoms with van der Waals surface area (Å²) in [5, 5.41) is 0. The quantitative estimate of drug-likeness (QED) is 0.863. The number of thiophene rings is 1. The van der Waals surface area contributed by atoms with E-state index in [4.69, 9.17) is 4.74 Å². The first-order valence-corrected chi connectivity index (χ1v) is 10.3. The molecule has 1 aromatic carbocycles. The summed E-state index contributed by atoms with van der Waals surface area (Å²) in [6.07, 6.45) is 2.37. The SMILES string of the molecule is COc1cc(NS(=O)(=O)c2ccc(C)s2)ccc1N1CCCCC1=O. The number of methoxy groups -OCH3 is 1. The van der Waals surface area contributed by atoms with Crippen molar-refractivity contribution in [2.45, 2.75) is 30.4 Å². The van der Waals surface area contributed by atoms with Crippen LogP contribution in [0.4, 0.5) is 11.4 Å². The van der Waals surface area contributed by atoms with Crippen molar-refractivity contribution in [2.75, 3.05) is 23.3 Å². The van der Waals surface area contributed by atoms with Crippen molar-refractivity contribution < 1.29 is 17.9 Å². The van der Waals surface area contributed by atoms with Crippen LogP contribution < -0.4 is 14.4 Å². The maximum Gasteiger partial charge on any atom is 0.271 e. The summed E-state index contributed by atoms with van der Waals surface area (Å²) < 4.78 is 33.1. The van der Waals surface area contributed by atoms with E-state index in [0.717, 1.165) is 17.7 Å². The molecule has 1 fully saturated rings. The van der Waals surface area contributed by atoms with E-state index >= 15 is 0 Å². The van der Waals surface area contributed by atoms with Crippen LogP contribution in [0.1, 0.15) is 24.1 Å². The van der Waals surface area contributed by atoms with Gasteiger partial charge in [0.2, 0.25) is 5.91 Å². The van der Waals surface area contributed by atoms with Gasteiger partial charge in [0.1, 0.15) is 9.96 Å². The largest absolute Gasteiger partial charge is 0.494 e. The van der Waals surface area contributed by atoms with Crippen LogP contribution in [0.5, 0.6) is 5.75 Å². The second kappa shape index (κ2) is 7.05. The number of benzene rings is 1. The topological polar surface area (TPSA) is 75.7 Å². The van der Waals surface area contributed by atoms with Gasteiger partial charge in [0.25, 0.3) is 10.0 Å². The summed E-state index contributed by atoms with van der Waals surface area (Å²) in [4.78, 5) is 14.7. The highest BCUT2D eigenvalue weighted by atomic mass is 32.2. The van der Waals surface area contributed by atoms with Crippen LogP contribution in [0, 0.1) is 6.92 Å². The predicted molar refractivity (Wildman–Crippen MR) is 99.1 cm³/mol. The summed E-state index contributed by atoms with van der Waals surface area (Å²) in [7, 11) is -2.13. The van der Waals surface area contributed by atoms with Crippen molar-refractivity contribution in [3.63, 3.8) is 0 Å². The summed E-state index contributed by atoms with van der Waals surface area (Å²) in [5.74, 6) is 0.532. The Hall–Kier alpha value is -2.06. The molecular weight excluding hydrogens is 360 g/mol. The lowest BCUT2D eigenvalue weighted by Gasteiger charge is -2.28. The number of ether oxygens (including phenoxy) is 1. The van der Waals surface area contributed by atoms with Crippen LogP contribution in [-0.4, -0.2) is 28.0 Å². The molecule has 0 radical (unpaired) electrons. The summed E-state index contributed by atoms with van der Waals surface area (Å²) in [5.41, 5.74) is 1.07. The average molecular weight is 380 g/mol. The van der Waals surface area contributed by atoms with Gasteiger partial charge in [0, 0.05) is 23.9 Å². The van der Waals surface area contributed by atoms with Gasteiger partial charge in [0.05, 0.1) is 18.5 Å². The Morgan fingerprint density at radius 2 is 2.00 bits per heavy atom. The monoisotopic (exact) mass is 380 g/mol. The molecule has 25 heavy (non-hydrogen) atoms. The molecule has 0 spiro atoms. The predicted octanol–water partition coefficient (Wildman–Crippen LogP) is 3.38. The van der Waals surface area contributed by atoms with Gasteiger partial charge in [-0.15, -0.1) is 11.3 Å². The number of rotatable bonds is 5. The molecule has 6 nitrogen and oxygen atoms in total. The number of nitrogens with zero attached hydrogens (tertiary/aromatic N) is 1. The molecule has 1 aromatic heterocycles. The van der Waals surface area contributed by atoms with Crippen LogP contribution in [0.3, 0.4) is 0 Å². The fraction of sp³-hybridized carbons (Fsp3) is 0.353. The second-order valence-corrected chi connectivity index (χ2v) is 9.06. The third-order valence-electron chi connectivity index (χ3n) is 4.03. The average Bonchev–Trinajstić information content (AvgIpc) is 3.03. The van der Waals surface area contributed by atoms with E-state index < -0.39 is 10.0 Å². The Morgan fingerprint density at radius 3 is 2.64 bits per heavy atom. The highest BCUT2D eigenvalue weighted by Crippen LogP contribution is 2.34. The highest BCUT2D eigenvalue weighted by molar-refractivity contribution is 7.94. The zero-order valence-corrected chi connectivity index (χ0v) is 15.7.